The van der Waals surface area contributed by atoms with Crippen LogP contribution in [0.4, 0.5) is 5.69 Å². The number of benzene rings is 1. The van der Waals surface area contributed by atoms with Gasteiger partial charge in [-0.15, -0.1) is 5.10 Å². The topological polar surface area (TPSA) is 103 Å². The van der Waals surface area contributed by atoms with Crippen LogP contribution >= 0.6 is 0 Å². The Labute approximate surface area is 116 Å². The standard InChI is InChI=1S/C13H16N4O3/c1-2-20-8-7-17-12(11(13(18)19)15-16-17)9-3-5-10(14)6-4-9/h3-6H,2,7-8,14H2,1H3,(H,18,19). The maximum absolute atomic E-state index is 11.2. The summed E-state index contributed by atoms with van der Waals surface area (Å²) in [6, 6.07) is 6.91. The maximum atomic E-state index is 11.2. The first-order chi connectivity index (χ1) is 9.63. The minimum atomic E-state index is -1.11. The number of aromatic carboxylic acids is 1. The fourth-order valence-corrected chi connectivity index (χ4v) is 1.84. The number of hydrogen-bond acceptors (Lipinski definition) is 5. The highest BCUT2D eigenvalue weighted by molar-refractivity contribution is 5.92. The Morgan fingerprint density at radius 3 is 2.70 bits per heavy atom. The van der Waals surface area contributed by atoms with E-state index in [1.54, 1.807) is 24.3 Å². The Bertz CT molecular complexity index is 592. The van der Waals surface area contributed by atoms with Crippen molar-refractivity contribution in [3.63, 3.8) is 0 Å². The maximum Gasteiger partial charge on any atom is 0.358 e. The summed E-state index contributed by atoms with van der Waals surface area (Å²) in [5.41, 5.74) is 7.33. The molecule has 7 heteroatoms. The van der Waals surface area contributed by atoms with Gasteiger partial charge in [0.1, 0.15) is 5.69 Å². The van der Waals surface area contributed by atoms with Gasteiger partial charge in [0.2, 0.25) is 0 Å². The molecule has 1 aromatic carbocycles. The zero-order valence-corrected chi connectivity index (χ0v) is 11.1. The normalized spacial score (nSPS) is 10.7. The summed E-state index contributed by atoms with van der Waals surface area (Å²) in [6.45, 7) is 3.37. The minimum Gasteiger partial charge on any atom is -0.476 e. The SMILES string of the molecule is CCOCCn1nnc(C(=O)O)c1-c1ccc(N)cc1. The highest BCUT2D eigenvalue weighted by atomic mass is 16.5. The number of rotatable bonds is 6. The summed E-state index contributed by atoms with van der Waals surface area (Å²) in [5.74, 6) is -1.11. The summed E-state index contributed by atoms with van der Waals surface area (Å²) in [4.78, 5) is 11.2. The van der Waals surface area contributed by atoms with Crippen LogP contribution in [0.2, 0.25) is 0 Å². The summed E-state index contributed by atoms with van der Waals surface area (Å²) >= 11 is 0. The summed E-state index contributed by atoms with van der Waals surface area (Å²) in [5, 5.41) is 16.8. The van der Waals surface area contributed by atoms with Crippen molar-refractivity contribution in [3.8, 4) is 11.3 Å². The molecule has 2 aromatic rings. The third-order valence-electron chi connectivity index (χ3n) is 2.77. The summed E-state index contributed by atoms with van der Waals surface area (Å²) in [7, 11) is 0. The fraction of sp³-hybridized carbons (Fsp3) is 0.308. The predicted octanol–water partition coefficient (Wildman–Crippen LogP) is 1.26. The first-order valence-corrected chi connectivity index (χ1v) is 6.24. The molecular formula is C13H16N4O3. The molecule has 1 aromatic heterocycles. The number of anilines is 1. The lowest BCUT2D eigenvalue weighted by atomic mass is 10.1. The van der Waals surface area contributed by atoms with E-state index in [2.05, 4.69) is 10.3 Å². The van der Waals surface area contributed by atoms with E-state index >= 15 is 0 Å². The zero-order chi connectivity index (χ0) is 14.5. The number of carbonyl (C=O) groups is 1. The monoisotopic (exact) mass is 276 g/mol. The van der Waals surface area contributed by atoms with Crippen molar-refractivity contribution in [2.24, 2.45) is 0 Å². The largest absolute Gasteiger partial charge is 0.476 e. The first-order valence-electron chi connectivity index (χ1n) is 6.24. The molecule has 0 aliphatic carbocycles. The third-order valence-corrected chi connectivity index (χ3v) is 2.77. The average molecular weight is 276 g/mol. The highest BCUT2D eigenvalue weighted by Gasteiger charge is 2.20. The van der Waals surface area contributed by atoms with Gasteiger partial charge in [-0.3, -0.25) is 0 Å². The van der Waals surface area contributed by atoms with Crippen LogP contribution in [0.25, 0.3) is 11.3 Å². The van der Waals surface area contributed by atoms with E-state index in [-0.39, 0.29) is 5.69 Å². The molecule has 0 saturated carbocycles. The van der Waals surface area contributed by atoms with Gasteiger partial charge in [-0.05, 0) is 19.1 Å². The van der Waals surface area contributed by atoms with Crippen LogP contribution in [0.1, 0.15) is 17.4 Å². The number of carboxylic acids is 1. The van der Waals surface area contributed by atoms with Gasteiger partial charge < -0.3 is 15.6 Å². The summed E-state index contributed by atoms with van der Waals surface area (Å²) < 4.78 is 6.79. The van der Waals surface area contributed by atoms with Gasteiger partial charge in [-0.1, -0.05) is 17.3 Å². The van der Waals surface area contributed by atoms with E-state index in [4.69, 9.17) is 10.5 Å². The zero-order valence-electron chi connectivity index (χ0n) is 11.1. The van der Waals surface area contributed by atoms with E-state index in [1.165, 1.54) is 4.68 Å². The van der Waals surface area contributed by atoms with E-state index in [9.17, 15) is 9.90 Å². The van der Waals surface area contributed by atoms with Gasteiger partial charge in [-0.25, -0.2) is 9.48 Å². The van der Waals surface area contributed by atoms with E-state index in [0.717, 1.165) is 0 Å². The molecule has 0 atom stereocenters. The van der Waals surface area contributed by atoms with Crippen LogP contribution in [0, 0.1) is 0 Å². The van der Waals surface area contributed by atoms with Gasteiger partial charge >= 0.3 is 5.97 Å². The molecule has 2 rings (SSSR count). The Kier molecular flexibility index (Phi) is 4.31. The van der Waals surface area contributed by atoms with Crippen molar-refractivity contribution >= 4 is 11.7 Å². The Morgan fingerprint density at radius 1 is 1.40 bits per heavy atom. The second kappa shape index (κ2) is 6.16. The fourth-order valence-electron chi connectivity index (χ4n) is 1.84. The van der Waals surface area contributed by atoms with Crippen molar-refractivity contribution in [3.05, 3.63) is 30.0 Å². The van der Waals surface area contributed by atoms with Crippen LogP contribution < -0.4 is 5.73 Å². The van der Waals surface area contributed by atoms with Crippen LogP contribution in [0.5, 0.6) is 0 Å². The van der Waals surface area contributed by atoms with Gasteiger partial charge in [0.05, 0.1) is 13.2 Å². The highest BCUT2D eigenvalue weighted by Crippen LogP contribution is 2.23. The number of nitrogens with two attached hydrogens (primary N) is 1. The molecule has 0 bridgehead atoms. The van der Waals surface area contributed by atoms with Gasteiger partial charge in [0.15, 0.2) is 5.69 Å². The molecule has 0 spiro atoms. The Morgan fingerprint density at radius 2 is 2.10 bits per heavy atom. The number of nitrogens with zero attached hydrogens (tertiary/aromatic N) is 3. The van der Waals surface area contributed by atoms with Gasteiger partial charge in [0, 0.05) is 17.9 Å². The number of carboxylic acid groups (broad SMARTS) is 1. The first kappa shape index (κ1) is 14.0. The second-order valence-electron chi connectivity index (χ2n) is 4.13. The molecule has 1 heterocycles. The Hall–Kier alpha value is -2.41. The number of nitrogen functional groups attached to an aromatic ring is 1. The number of ether oxygens (including phenoxy) is 1. The van der Waals surface area contributed by atoms with Crippen molar-refractivity contribution < 1.29 is 14.6 Å². The minimum absolute atomic E-state index is 0.0775. The van der Waals surface area contributed by atoms with E-state index < -0.39 is 5.97 Å². The van der Waals surface area contributed by atoms with Crippen LogP contribution in [0.15, 0.2) is 24.3 Å². The van der Waals surface area contributed by atoms with Gasteiger partial charge in [0.25, 0.3) is 0 Å². The van der Waals surface area contributed by atoms with Crippen LogP contribution in [0.3, 0.4) is 0 Å². The van der Waals surface area contributed by atoms with Crippen molar-refractivity contribution in [1.29, 1.82) is 0 Å². The lowest BCUT2D eigenvalue weighted by molar-refractivity contribution is 0.0691. The predicted molar refractivity (Wildman–Crippen MR) is 73.3 cm³/mol. The van der Waals surface area contributed by atoms with Crippen LogP contribution in [-0.2, 0) is 11.3 Å². The van der Waals surface area contributed by atoms with Gasteiger partial charge in [-0.2, -0.15) is 0 Å². The molecule has 0 aliphatic rings. The summed E-state index contributed by atoms with van der Waals surface area (Å²) in [6.07, 6.45) is 0. The second-order valence-corrected chi connectivity index (χ2v) is 4.13. The quantitative estimate of drug-likeness (QED) is 0.608. The molecule has 0 saturated heterocycles. The van der Waals surface area contributed by atoms with E-state index in [0.29, 0.717) is 36.7 Å². The lowest BCUT2D eigenvalue weighted by Gasteiger charge is -2.07. The smallest absolute Gasteiger partial charge is 0.358 e. The molecule has 0 fully saturated rings. The molecule has 0 radical (unpaired) electrons. The molecule has 7 nitrogen and oxygen atoms in total. The molecule has 3 N–H and O–H groups in total. The van der Waals surface area contributed by atoms with Crippen molar-refractivity contribution in [1.82, 2.24) is 15.0 Å². The van der Waals surface area contributed by atoms with Crippen LogP contribution in [-0.4, -0.2) is 39.3 Å². The average Bonchev–Trinajstić information content (AvgIpc) is 2.84. The molecule has 20 heavy (non-hydrogen) atoms. The molecule has 0 aliphatic heterocycles. The molecule has 0 amide bonds. The van der Waals surface area contributed by atoms with Crippen molar-refractivity contribution in [2.45, 2.75) is 13.5 Å². The molecule has 0 unspecified atom stereocenters. The molecule has 106 valence electrons. The van der Waals surface area contributed by atoms with Crippen molar-refractivity contribution in [2.75, 3.05) is 18.9 Å². The number of hydrogen-bond donors (Lipinski definition) is 2. The molecular weight excluding hydrogens is 260 g/mol. The Balaban J connectivity index is 2.38. The van der Waals surface area contributed by atoms with E-state index in [1.807, 2.05) is 6.92 Å². The lowest BCUT2D eigenvalue weighted by Crippen LogP contribution is -2.10. The third kappa shape index (κ3) is 2.94. The number of aromatic nitrogens is 3.